The standard InChI is InChI=1S/C20H19ClN2O2/c21-17-9-4-6-15(12-17)13-22-19(24)14-23-20(18-10-5-11-25-18)16-7-2-1-3-8-16/h1-12,20,23H,13-14H2,(H,22,24)/p+1/t20-/m1/s1. The third-order valence-electron chi connectivity index (χ3n) is 3.93. The number of halogens is 1. The minimum absolute atomic E-state index is 0.0348. The summed E-state index contributed by atoms with van der Waals surface area (Å²) in [7, 11) is 0. The van der Waals surface area contributed by atoms with E-state index < -0.39 is 0 Å². The monoisotopic (exact) mass is 355 g/mol. The molecule has 0 radical (unpaired) electrons. The van der Waals surface area contributed by atoms with E-state index in [0.717, 1.165) is 16.9 Å². The summed E-state index contributed by atoms with van der Waals surface area (Å²) in [5.74, 6) is 0.793. The van der Waals surface area contributed by atoms with E-state index in [2.05, 4.69) is 5.32 Å². The molecule has 0 spiro atoms. The molecule has 0 saturated carbocycles. The fourth-order valence-corrected chi connectivity index (χ4v) is 2.90. The Kier molecular flexibility index (Phi) is 5.88. The van der Waals surface area contributed by atoms with Crippen molar-refractivity contribution in [3.05, 3.63) is 94.9 Å². The predicted molar refractivity (Wildman–Crippen MR) is 97.1 cm³/mol. The number of amides is 1. The van der Waals surface area contributed by atoms with Crippen molar-refractivity contribution in [1.29, 1.82) is 0 Å². The number of benzene rings is 2. The molecule has 128 valence electrons. The fourth-order valence-electron chi connectivity index (χ4n) is 2.69. The normalized spacial score (nSPS) is 11.9. The maximum absolute atomic E-state index is 12.2. The van der Waals surface area contributed by atoms with Gasteiger partial charge in [0.05, 0.1) is 6.26 Å². The van der Waals surface area contributed by atoms with E-state index in [4.69, 9.17) is 16.0 Å². The van der Waals surface area contributed by atoms with Crippen LogP contribution in [0.3, 0.4) is 0 Å². The van der Waals surface area contributed by atoms with Crippen LogP contribution >= 0.6 is 11.6 Å². The van der Waals surface area contributed by atoms with Gasteiger partial charge >= 0.3 is 0 Å². The van der Waals surface area contributed by atoms with E-state index in [9.17, 15) is 4.79 Å². The highest BCUT2D eigenvalue weighted by Crippen LogP contribution is 2.18. The average molecular weight is 356 g/mol. The number of nitrogens with one attached hydrogen (secondary N) is 1. The van der Waals surface area contributed by atoms with Gasteiger partial charge < -0.3 is 15.1 Å². The molecule has 4 nitrogen and oxygen atoms in total. The van der Waals surface area contributed by atoms with Gasteiger partial charge in [0.15, 0.2) is 18.3 Å². The van der Waals surface area contributed by atoms with E-state index in [0.29, 0.717) is 18.1 Å². The van der Waals surface area contributed by atoms with Gasteiger partial charge in [0.2, 0.25) is 0 Å². The number of carbonyl (C=O) groups is 1. The van der Waals surface area contributed by atoms with Gasteiger partial charge in [-0.3, -0.25) is 4.79 Å². The van der Waals surface area contributed by atoms with E-state index in [1.165, 1.54) is 0 Å². The molecule has 0 unspecified atom stereocenters. The van der Waals surface area contributed by atoms with E-state index in [1.54, 1.807) is 6.26 Å². The smallest absolute Gasteiger partial charge is 0.275 e. The lowest BCUT2D eigenvalue weighted by Crippen LogP contribution is -2.87. The second-order valence-electron chi connectivity index (χ2n) is 5.75. The van der Waals surface area contributed by atoms with Crippen molar-refractivity contribution in [2.75, 3.05) is 6.54 Å². The summed E-state index contributed by atoms with van der Waals surface area (Å²) >= 11 is 5.96. The van der Waals surface area contributed by atoms with Crippen molar-refractivity contribution >= 4 is 17.5 Å². The molecule has 1 heterocycles. The molecule has 1 atom stereocenters. The molecule has 0 saturated heterocycles. The first-order chi connectivity index (χ1) is 12.2. The van der Waals surface area contributed by atoms with Crippen molar-refractivity contribution in [3.8, 4) is 0 Å². The maximum Gasteiger partial charge on any atom is 0.275 e. The highest BCUT2D eigenvalue weighted by Gasteiger charge is 2.21. The zero-order valence-corrected chi connectivity index (χ0v) is 14.4. The second kappa shape index (κ2) is 8.51. The number of hydrogen-bond acceptors (Lipinski definition) is 2. The Labute approximate surface area is 151 Å². The predicted octanol–water partition coefficient (Wildman–Crippen LogP) is 2.90. The van der Waals surface area contributed by atoms with E-state index >= 15 is 0 Å². The highest BCUT2D eigenvalue weighted by molar-refractivity contribution is 6.30. The quantitative estimate of drug-likeness (QED) is 0.684. The molecule has 25 heavy (non-hydrogen) atoms. The summed E-state index contributed by atoms with van der Waals surface area (Å²) in [5.41, 5.74) is 2.08. The van der Waals surface area contributed by atoms with Crippen LogP contribution in [0.4, 0.5) is 0 Å². The molecular formula is C20H20ClN2O2+. The molecule has 2 aromatic carbocycles. The van der Waals surface area contributed by atoms with Crippen molar-refractivity contribution in [2.45, 2.75) is 12.6 Å². The highest BCUT2D eigenvalue weighted by atomic mass is 35.5. The summed E-state index contributed by atoms with van der Waals surface area (Å²) < 4.78 is 5.55. The fraction of sp³-hybridized carbons (Fsp3) is 0.150. The lowest BCUT2D eigenvalue weighted by molar-refractivity contribution is -0.678. The Bertz CT molecular complexity index is 804. The third kappa shape index (κ3) is 4.95. The first kappa shape index (κ1) is 17.3. The summed E-state index contributed by atoms with van der Waals surface area (Å²) in [6, 6.07) is 21.2. The molecule has 5 heteroatoms. The van der Waals surface area contributed by atoms with Crippen LogP contribution in [0.2, 0.25) is 5.02 Å². The number of quaternary nitrogens is 1. The van der Waals surface area contributed by atoms with Gasteiger partial charge in [0, 0.05) is 17.1 Å². The molecule has 0 fully saturated rings. The summed E-state index contributed by atoms with van der Waals surface area (Å²) in [5, 5.41) is 5.56. The Morgan fingerprint density at radius 3 is 2.64 bits per heavy atom. The van der Waals surface area contributed by atoms with Gasteiger partial charge in [0.25, 0.3) is 5.91 Å². The van der Waals surface area contributed by atoms with E-state index in [-0.39, 0.29) is 11.9 Å². The first-order valence-corrected chi connectivity index (χ1v) is 8.53. The van der Waals surface area contributed by atoms with Crippen LogP contribution in [0, 0.1) is 0 Å². The molecule has 1 amide bonds. The summed E-state index contributed by atoms with van der Waals surface area (Å²) in [6.07, 6.45) is 1.65. The minimum Gasteiger partial charge on any atom is -0.463 e. The van der Waals surface area contributed by atoms with Crippen LogP contribution in [0.15, 0.2) is 77.4 Å². The number of carbonyl (C=O) groups excluding carboxylic acids is 1. The number of nitrogens with two attached hydrogens (primary N) is 1. The zero-order valence-electron chi connectivity index (χ0n) is 13.7. The summed E-state index contributed by atoms with van der Waals surface area (Å²) in [6.45, 7) is 0.769. The number of furan rings is 1. The molecular weight excluding hydrogens is 336 g/mol. The van der Waals surface area contributed by atoms with Crippen LogP contribution in [0.25, 0.3) is 0 Å². The van der Waals surface area contributed by atoms with Gasteiger partial charge in [-0.25, -0.2) is 0 Å². The average Bonchev–Trinajstić information content (AvgIpc) is 3.15. The van der Waals surface area contributed by atoms with Gasteiger partial charge in [-0.1, -0.05) is 54.1 Å². The van der Waals surface area contributed by atoms with Gasteiger partial charge in [-0.05, 0) is 29.8 Å². The zero-order chi connectivity index (χ0) is 17.5. The first-order valence-electron chi connectivity index (χ1n) is 8.15. The molecule has 3 aromatic rings. The van der Waals surface area contributed by atoms with Crippen LogP contribution < -0.4 is 10.6 Å². The molecule has 1 aromatic heterocycles. The SMILES string of the molecule is O=C(C[NH2+][C@H](c1ccccc1)c1ccco1)NCc1cccc(Cl)c1. The van der Waals surface area contributed by atoms with Crippen molar-refractivity contribution in [3.63, 3.8) is 0 Å². The van der Waals surface area contributed by atoms with Crippen LogP contribution in [0.5, 0.6) is 0 Å². The Hall–Kier alpha value is -2.56. The molecule has 0 aliphatic rings. The minimum atomic E-state index is -0.0480. The van der Waals surface area contributed by atoms with Crippen LogP contribution in [-0.4, -0.2) is 12.5 Å². The summed E-state index contributed by atoms with van der Waals surface area (Å²) in [4.78, 5) is 12.2. The van der Waals surface area contributed by atoms with Crippen molar-refractivity contribution in [2.24, 2.45) is 0 Å². The molecule has 0 aliphatic carbocycles. The molecule has 0 aliphatic heterocycles. The van der Waals surface area contributed by atoms with Crippen molar-refractivity contribution < 1.29 is 14.5 Å². The van der Waals surface area contributed by atoms with Crippen LogP contribution in [0.1, 0.15) is 22.9 Å². The van der Waals surface area contributed by atoms with E-state index in [1.807, 2.05) is 72.0 Å². The third-order valence-corrected chi connectivity index (χ3v) is 4.16. The lowest BCUT2D eigenvalue weighted by Gasteiger charge is -2.14. The Balaban J connectivity index is 1.58. The topological polar surface area (TPSA) is 58.9 Å². The van der Waals surface area contributed by atoms with Gasteiger partial charge in [-0.15, -0.1) is 0 Å². The lowest BCUT2D eigenvalue weighted by atomic mass is 10.0. The molecule has 0 bridgehead atoms. The maximum atomic E-state index is 12.2. The van der Waals surface area contributed by atoms with Gasteiger partial charge in [0.1, 0.15) is 0 Å². The molecule has 3 N–H and O–H groups in total. The molecule has 3 rings (SSSR count). The Morgan fingerprint density at radius 1 is 1.08 bits per heavy atom. The largest absolute Gasteiger partial charge is 0.463 e. The number of hydrogen-bond donors (Lipinski definition) is 2. The second-order valence-corrected chi connectivity index (χ2v) is 6.19. The number of rotatable bonds is 7. The van der Waals surface area contributed by atoms with Crippen LogP contribution in [-0.2, 0) is 11.3 Å². The van der Waals surface area contributed by atoms with Gasteiger partial charge in [-0.2, -0.15) is 0 Å². The van der Waals surface area contributed by atoms with Crippen molar-refractivity contribution in [1.82, 2.24) is 5.32 Å². The Morgan fingerprint density at radius 2 is 1.92 bits per heavy atom.